The predicted octanol–water partition coefficient (Wildman–Crippen LogP) is -1.09. The van der Waals surface area contributed by atoms with Crippen molar-refractivity contribution in [3.63, 3.8) is 0 Å². The van der Waals surface area contributed by atoms with E-state index < -0.39 is 15.6 Å². The second-order valence-electron chi connectivity index (χ2n) is 4.27. The van der Waals surface area contributed by atoms with E-state index in [0.29, 0.717) is 26.3 Å². The topological polar surface area (TPSA) is 87.7 Å². The quantitative estimate of drug-likeness (QED) is 0.455. The van der Waals surface area contributed by atoms with Gasteiger partial charge in [0.25, 0.3) is 0 Å². The van der Waals surface area contributed by atoms with Crippen molar-refractivity contribution >= 4 is 10.0 Å². The largest absolute Gasteiger partial charge is 0.394 e. The number of hydrogen-bond acceptors (Lipinski definition) is 5. The van der Waals surface area contributed by atoms with Crippen LogP contribution in [-0.2, 0) is 14.8 Å². The fraction of sp³-hybridized carbons (Fsp3) is 1.00. The molecule has 0 amide bonds. The van der Waals surface area contributed by atoms with Gasteiger partial charge in [0.05, 0.1) is 26.1 Å². The van der Waals surface area contributed by atoms with Gasteiger partial charge in [-0.25, -0.2) is 13.1 Å². The Morgan fingerprint density at radius 3 is 2.44 bits per heavy atom. The van der Waals surface area contributed by atoms with Crippen molar-refractivity contribution in [3.05, 3.63) is 0 Å². The highest BCUT2D eigenvalue weighted by Crippen LogP contribution is 2.01. The van der Waals surface area contributed by atoms with Crippen LogP contribution in [0.15, 0.2) is 0 Å². The molecular weight excluding hydrogens is 232 g/mol. The Morgan fingerprint density at radius 2 is 1.94 bits per heavy atom. The number of aliphatic hydroxyl groups excluding tert-OH is 1. The molecule has 0 saturated heterocycles. The molecule has 3 N–H and O–H groups in total. The summed E-state index contributed by atoms with van der Waals surface area (Å²) >= 11 is 0. The molecule has 0 unspecified atom stereocenters. The second-order valence-corrected chi connectivity index (χ2v) is 6.02. The number of hydrogen-bond donors (Lipinski definition) is 3. The maximum atomic E-state index is 11.0. The lowest BCUT2D eigenvalue weighted by atomic mass is 10.1. The zero-order chi connectivity index (χ0) is 12.7. The molecule has 0 fully saturated rings. The van der Waals surface area contributed by atoms with Gasteiger partial charge in [-0.3, -0.25) is 0 Å². The molecule has 0 saturated carbocycles. The van der Waals surface area contributed by atoms with Crippen molar-refractivity contribution in [1.82, 2.24) is 10.0 Å². The highest BCUT2D eigenvalue weighted by atomic mass is 32.2. The molecule has 98 valence electrons. The van der Waals surface area contributed by atoms with E-state index in [1.54, 1.807) is 13.8 Å². The van der Waals surface area contributed by atoms with Crippen LogP contribution >= 0.6 is 0 Å². The Balaban J connectivity index is 3.66. The van der Waals surface area contributed by atoms with Gasteiger partial charge in [-0.05, 0) is 13.8 Å². The van der Waals surface area contributed by atoms with Crippen molar-refractivity contribution in [3.8, 4) is 0 Å². The van der Waals surface area contributed by atoms with Gasteiger partial charge < -0.3 is 15.2 Å². The molecule has 0 heterocycles. The molecular formula is C9H22N2O4S. The molecule has 0 aliphatic rings. The third-order valence-electron chi connectivity index (χ3n) is 1.69. The Bertz CT molecular complexity index is 277. The average Bonchev–Trinajstić information content (AvgIpc) is 2.06. The summed E-state index contributed by atoms with van der Waals surface area (Å²) in [5.41, 5.74) is -0.523. The van der Waals surface area contributed by atoms with Crippen LogP contribution < -0.4 is 10.0 Å². The predicted molar refractivity (Wildman–Crippen MR) is 62.8 cm³/mol. The van der Waals surface area contributed by atoms with Gasteiger partial charge >= 0.3 is 0 Å². The van der Waals surface area contributed by atoms with E-state index in [-0.39, 0.29) is 6.61 Å². The van der Waals surface area contributed by atoms with Gasteiger partial charge in [0.2, 0.25) is 10.0 Å². The smallest absolute Gasteiger partial charge is 0.209 e. The molecule has 0 aromatic carbocycles. The highest BCUT2D eigenvalue weighted by Gasteiger charge is 2.21. The monoisotopic (exact) mass is 254 g/mol. The SMILES string of the molecule is CC(C)(CNCCOCCO)NS(C)(=O)=O. The summed E-state index contributed by atoms with van der Waals surface area (Å²) in [6, 6.07) is 0. The Hall–Kier alpha value is -0.210. The van der Waals surface area contributed by atoms with Crippen LogP contribution in [0.25, 0.3) is 0 Å². The molecule has 0 spiro atoms. The lowest BCUT2D eigenvalue weighted by molar-refractivity contribution is 0.0933. The lowest BCUT2D eigenvalue weighted by Gasteiger charge is -2.25. The van der Waals surface area contributed by atoms with Crippen LogP contribution in [0.4, 0.5) is 0 Å². The van der Waals surface area contributed by atoms with E-state index in [4.69, 9.17) is 9.84 Å². The molecule has 0 rings (SSSR count). The molecule has 0 aromatic heterocycles. The third-order valence-corrected chi connectivity index (χ3v) is 2.61. The maximum absolute atomic E-state index is 11.0. The number of nitrogens with one attached hydrogen (secondary N) is 2. The van der Waals surface area contributed by atoms with E-state index >= 15 is 0 Å². The minimum atomic E-state index is -3.19. The first-order chi connectivity index (χ1) is 7.27. The molecule has 0 aliphatic heterocycles. The van der Waals surface area contributed by atoms with Crippen LogP contribution in [0.2, 0.25) is 0 Å². The molecule has 0 aliphatic carbocycles. The van der Waals surface area contributed by atoms with Gasteiger partial charge in [-0.2, -0.15) is 0 Å². The fourth-order valence-corrected chi connectivity index (χ4v) is 2.33. The molecule has 0 aromatic rings. The highest BCUT2D eigenvalue weighted by molar-refractivity contribution is 7.88. The Kier molecular flexibility index (Phi) is 7.09. The van der Waals surface area contributed by atoms with Crippen molar-refractivity contribution in [2.75, 3.05) is 39.2 Å². The van der Waals surface area contributed by atoms with Gasteiger partial charge in [0, 0.05) is 18.6 Å². The molecule has 16 heavy (non-hydrogen) atoms. The summed E-state index contributed by atoms with van der Waals surface area (Å²) < 4.78 is 29.6. The number of aliphatic hydroxyl groups is 1. The van der Waals surface area contributed by atoms with Crippen LogP contribution in [-0.4, -0.2) is 58.2 Å². The zero-order valence-corrected chi connectivity index (χ0v) is 10.9. The normalized spacial score (nSPS) is 13.0. The summed E-state index contributed by atoms with van der Waals surface area (Å²) in [6.45, 7) is 5.58. The molecule has 0 atom stereocenters. The van der Waals surface area contributed by atoms with Crippen molar-refractivity contribution < 1.29 is 18.3 Å². The zero-order valence-electron chi connectivity index (χ0n) is 10.1. The second kappa shape index (κ2) is 7.18. The van der Waals surface area contributed by atoms with Crippen LogP contribution in [0.5, 0.6) is 0 Å². The van der Waals surface area contributed by atoms with Crippen LogP contribution in [0, 0.1) is 0 Å². The minimum Gasteiger partial charge on any atom is -0.394 e. The Labute approximate surface area is 97.4 Å². The summed E-state index contributed by atoms with van der Waals surface area (Å²) in [6.07, 6.45) is 1.14. The van der Waals surface area contributed by atoms with Crippen molar-refractivity contribution in [1.29, 1.82) is 0 Å². The maximum Gasteiger partial charge on any atom is 0.209 e. The summed E-state index contributed by atoms with van der Waals surface area (Å²) in [4.78, 5) is 0. The van der Waals surface area contributed by atoms with Gasteiger partial charge in [-0.1, -0.05) is 0 Å². The van der Waals surface area contributed by atoms with Gasteiger partial charge in [0.15, 0.2) is 0 Å². The van der Waals surface area contributed by atoms with Crippen molar-refractivity contribution in [2.45, 2.75) is 19.4 Å². The van der Waals surface area contributed by atoms with Gasteiger partial charge in [-0.15, -0.1) is 0 Å². The molecule has 0 bridgehead atoms. The first kappa shape index (κ1) is 15.8. The van der Waals surface area contributed by atoms with E-state index in [1.807, 2.05) is 0 Å². The summed E-state index contributed by atoms with van der Waals surface area (Å²) in [7, 11) is -3.19. The average molecular weight is 254 g/mol. The van der Waals surface area contributed by atoms with Crippen LogP contribution in [0.3, 0.4) is 0 Å². The van der Waals surface area contributed by atoms with E-state index in [9.17, 15) is 8.42 Å². The van der Waals surface area contributed by atoms with E-state index in [2.05, 4.69) is 10.0 Å². The summed E-state index contributed by atoms with van der Waals surface area (Å²) in [5.74, 6) is 0. The fourth-order valence-electron chi connectivity index (χ4n) is 1.25. The number of ether oxygens (including phenoxy) is 1. The lowest BCUT2D eigenvalue weighted by Crippen LogP contribution is -2.50. The van der Waals surface area contributed by atoms with Crippen molar-refractivity contribution in [2.24, 2.45) is 0 Å². The Morgan fingerprint density at radius 1 is 1.31 bits per heavy atom. The first-order valence-electron chi connectivity index (χ1n) is 5.15. The molecule has 6 nitrogen and oxygen atoms in total. The van der Waals surface area contributed by atoms with Gasteiger partial charge in [0.1, 0.15) is 0 Å². The first-order valence-corrected chi connectivity index (χ1v) is 7.04. The minimum absolute atomic E-state index is 0.0150. The van der Waals surface area contributed by atoms with E-state index in [1.165, 1.54) is 0 Å². The van der Waals surface area contributed by atoms with Crippen LogP contribution in [0.1, 0.15) is 13.8 Å². The number of rotatable bonds is 9. The standard InChI is InChI=1S/C9H22N2O4S/c1-9(2,11-16(3,13)14)8-10-4-6-15-7-5-12/h10-12H,4-8H2,1-3H3. The molecule has 0 radical (unpaired) electrons. The summed E-state index contributed by atoms with van der Waals surface area (Å²) in [5, 5.41) is 11.5. The molecule has 7 heteroatoms. The van der Waals surface area contributed by atoms with E-state index in [0.717, 1.165) is 6.26 Å². The number of sulfonamides is 1. The third kappa shape index (κ3) is 10.3.